The van der Waals surface area contributed by atoms with Gasteiger partial charge in [-0.25, -0.2) is 4.79 Å². The lowest BCUT2D eigenvalue weighted by atomic mass is 9.78. The molecule has 1 N–H and O–H groups in total. The molecule has 3 rings (SSSR count). The summed E-state index contributed by atoms with van der Waals surface area (Å²) in [6.45, 7) is 4.35. The van der Waals surface area contributed by atoms with Crippen LogP contribution in [0.3, 0.4) is 0 Å². The van der Waals surface area contributed by atoms with Gasteiger partial charge in [0.2, 0.25) is 0 Å². The predicted molar refractivity (Wildman–Crippen MR) is 104 cm³/mol. The van der Waals surface area contributed by atoms with Crippen molar-refractivity contribution >= 4 is 17.8 Å². The van der Waals surface area contributed by atoms with Crippen LogP contribution in [0, 0.1) is 0 Å². The Morgan fingerprint density at radius 1 is 0.923 bits per heavy atom. The SMILES string of the molecule is CC(C)(c1ccccc1)c1ccc(-c2cc(Cl)ccc2OC(=O)O)cc1. The molecule has 0 aliphatic rings. The van der Waals surface area contributed by atoms with Gasteiger partial charge in [-0.2, -0.15) is 0 Å². The van der Waals surface area contributed by atoms with E-state index in [1.54, 1.807) is 18.2 Å². The Balaban J connectivity index is 1.98. The molecule has 3 nitrogen and oxygen atoms in total. The first-order chi connectivity index (χ1) is 12.4. The van der Waals surface area contributed by atoms with Crippen molar-refractivity contribution in [1.82, 2.24) is 0 Å². The molecular formula is C22H19ClO3. The molecule has 0 unspecified atom stereocenters. The summed E-state index contributed by atoms with van der Waals surface area (Å²) >= 11 is 6.08. The number of halogens is 1. The third kappa shape index (κ3) is 3.73. The van der Waals surface area contributed by atoms with E-state index in [1.807, 2.05) is 42.5 Å². The van der Waals surface area contributed by atoms with Gasteiger partial charge >= 0.3 is 6.16 Å². The van der Waals surface area contributed by atoms with Gasteiger partial charge in [0.15, 0.2) is 0 Å². The second-order valence-electron chi connectivity index (χ2n) is 6.58. The molecule has 132 valence electrons. The van der Waals surface area contributed by atoms with E-state index in [1.165, 1.54) is 5.56 Å². The highest BCUT2D eigenvalue weighted by Gasteiger charge is 2.23. The quantitative estimate of drug-likeness (QED) is 0.430. The number of benzene rings is 3. The molecule has 0 amide bonds. The van der Waals surface area contributed by atoms with Crippen molar-refractivity contribution in [2.24, 2.45) is 0 Å². The van der Waals surface area contributed by atoms with Gasteiger partial charge < -0.3 is 9.84 Å². The van der Waals surface area contributed by atoms with Gasteiger partial charge in [0, 0.05) is 16.0 Å². The van der Waals surface area contributed by atoms with Crippen LogP contribution in [0.2, 0.25) is 5.02 Å². The summed E-state index contributed by atoms with van der Waals surface area (Å²) in [7, 11) is 0. The van der Waals surface area contributed by atoms with Crippen LogP contribution in [0.4, 0.5) is 4.79 Å². The van der Waals surface area contributed by atoms with Gasteiger partial charge in [-0.1, -0.05) is 80.0 Å². The van der Waals surface area contributed by atoms with E-state index in [4.69, 9.17) is 21.4 Å². The summed E-state index contributed by atoms with van der Waals surface area (Å²) in [4.78, 5) is 10.9. The molecule has 26 heavy (non-hydrogen) atoms. The first-order valence-corrected chi connectivity index (χ1v) is 8.62. The fourth-order valence-corrected chi connectivity index (χ4v) is 3.17. The fraction of sp³-hybridized carbons (Fsp3) is 0.136. The lowest BCUT2D eigenvalue weighted by Gasteiger charge is -2.26. The summed E-state index contributed by atoms with van der Waals surface area (Å²) in [6.07, 6.45) is -1.35. The lowest BCUT2D eigenvalue weighted by molar-refractivity contribution is 0.144. The number of carbonyl (C=O) groups is 1. The summed E-state index contributed by atoms with van der Waals surface area (Å²) in [5.41, 5.74) is 3.73. The molecule has 0 aliphatic heterocycles. The average Bonchev–Trinajstić information content (AvgIpc) is 2.64. The smallest absolute Gasteiger partial charge is 0.449 e. The van der Waals surface area contributed by atoms with Crippen molar-refractivity contribution < 1.29 is 14.6 Å². The number of carboxylic acid groups (broad SMARTS) is 1. The Kier molecular flexibility index (Phi) is 5.01. The van der Waals surface area contributed by atoms with Gasteiger partial charge in [0.1, 0.15) is 5.75 Å². The Morgan fingerprint density at radius 2 is 1.54 bits per heavy atom. The van der Waals surface area contributed by atoms with Crippen molar-refractivity contribution in [3.8, 4) is 16.9 Å². The first kappa shape index (κ1) is 18.0. The Hall–Kier alpha value is -2.78. The van der Waals surface area contributed by atoms with Crippen LogP contribution in [-0.2, 0) is 5.41 Å². The summed E-state index contributed by atoms with van der Waals surface area (Å²) < 4.78 is 4.88. The third-order valence-corrected chi connectivity index (χ3v) is 4.79. The maximum absolute atomic E-state index is 10.9. The maximum Gasteiger partial charge on any atom is 0.511 e. The second-order valence-corrected chi connectivity index (χ2v) is 7.01. The number of ether oxygens (including phenoxy) is 1. The minimum absolute atomic E-state index is 0.144. The van der Waals surface area contributed by atoms with Crippen molar-refractivity contribution in [3.63, 3.8) is 0 Å². The minimum atomic E-state index is -1.35. The number of hydrogen-bond acceptors (Lipinski definition) is 2. The molecule has 0 atom stereocenters. The summed E-state index contributed by atoms with van der Waals surface area (Å²) in [5, 5.41) is 9.45. The van der Waals surface area contributed by atoms with Crippen molar-refractivity contribution in [2.45, 2.75) is 19.3 Å². The zero-order valence-corrected chi connectivity index (χ0v) is 15.3. The van der Waals surface area contributed by atoms with Crippen LogP contribution in [0.1, 0.15) is 25.0 Å². The highest BCUT2D eigenvalue weighted by Crippen LogP contribution is 2.36. The van der Waals surface area contributed by atoms with E-state index < -0.39 is 6.16 Å². The molecule has 0 radical (unpaired) electrons. The fourth-order valence-electron chi connectivity index (χ4n) is 3.00. The van der Waals surface area contributed by atoms with E-state index >= 15 is 0 Å². The van der Waals surface area contributed by atoms with Gasteiger partial charge in [-0.3, -0.25) is 0 Å². The summed E-state index contributed by atoms with van der Waals surface area (Å²) in [6, 6.07) is 23.2. The van der Waals surface area contributed by atoms with Gasteiger partial charge in [0.05, 0.1) is 0 Å². The largest absolute Gasteiger partial charge is 0.511 e. The van der Waals surface area contributed by atoms with E-state index in [9.17, 15) is 4.79 Å². The molecule has 3 aromatic rings. The predicted octanol–water partition coefficient (Wildman–Crippen LogP) is 6.39. The Bertz CT molecular complexity index is 916. The van der Waals surface area contributed by atoms with Crippen LogP contribution < -0.4 is 4.74 Å². The van der Waals surface area contributed by atoms with E-state index in [0.29, 0.717) is 10.6 Å². The van der Waals surface area contributed by atoms with Crippen molar-refractivity contribution in [2.75, 3.05) is 0 Å². The molecule has 4 heteroatoms. The highest BCUT2D eigenvalue weighted by molar-refractivity contribution is 6.31. The van der Waals surface area contributed by atoms with E-state index in [-0.39, 0.29) is 11.2 Å². The molecule has 0 aliphatic carbocycles. The third-order valence-electron chi connectivity index (χ3n) is 4.55. The Labute approximate surface area is 157 Å². The second kappa shape index (κ2) is 7.22. The maximum atomic E-state index is 10.9. The van der Waals surface area contributed by atoms with Crippen LogP contribution in [-0.4, -0.2) is 11.3 Å². The topological polar surface area (TPSA) is 46.5 Å². The summed E-state index contributed by atoms with van der Waals surface area (Å²) in [5.74, 6) is 0.261. The first-order valence-electron chi connectivity index (χ1n) is 8.25. The van der Waals surface area contributed by atoms with Crippen molar-refractivity contribution in [3.05, 3.63) is 88.9 Å². The normalized spacial score (nSPS) is 11.2. The molecule has 0 spiro atoms. The Morgan fingerprint density at radius 3 is 2.15 bits per heavy atom. The number of hydrogen-bond donors (Lipinski definition) is 1. The van der Waals surface area contributed by atoms with Gasteiger partial charge in [-0.05, 0) is 34.9 Å². The van der Waals surface area contributed by atoms with Crippen LogP contribution in [0.5, 0.6) is 5.75 Å². The van der Waals surface area contributed by atoms with E-state index in [2.05, 4.69) is 26.0 Å². The molecule has 0 aromatic heterocycles. The molecule has 0 saturated heterocycles. The zero-order valence-electron chi connectivity index (χ0n) is 14.6. The number of rotatable bonds is 4. The van der Waals surface area contributed by atoms with Gasteiger partial charge in [0.25, 0.3) is 0 Å². The minimum Gasteiger partial charge on any atom is -0.449 e. The lowest BCUT2D eigenvalue weighted by Crippen LogP contribution is -2.18. The molecule has 0 saturated carbocycles. The van der Waals surface area contributed by atoms with Crippen LogP contribution >= 0.6 is 11.6 Å². The molecule has 0 bridgehead atoms. The molecule has 0 fully saturated rings. The highest BCUT2D eigenvalue weighted by atomic mass is 35.5. The van der Waals surface area contributed by atoms with Crippen molar-refractivity contribution in [1.29, 1.82) is 0 Å². The molecular weight excluding hydrogens is 348 g/mol. The van der Waals surface area contributed by atoms with Gasteiger partial charge in [-0.15, -0.1) is 0 Å². The molecule has 3 aromatic carbocycles. The van der Waals surface area contributed by atoms with E-state index in [0.717, 1.165) is 11.1 Å². The average molecular weight is 367 g/mol. The standard InChI is InChI=1S/C22H19ClO3/c1-22(2,16-6-4-3-5-7-16)17-10-8-15(9-11-17)19-14-18(23)12-13-20(19)26-21(24)25/h3-14H,1-2H3,(H,24,25). The van der Waals surface area contributed by atoms with Crippen LogP contribution in [0.25, 0.3) is 11.1 Å². The molecule has 0 heterocycles. The monoisotopic (exact) mass is 366 g/mol. The van der Waals surface area contributed by atoms with Crippen LogP contribution in [0.15, 0.2) is 72.8 Å². The zero-order chi connectivity index (χ0) is 18.7.